The zero-order valence-electron chi connectivity index (χ0n) is 15.2. The molecule has 1 amide bonds. The number of alkyl halides is 3. The normalized spacial score (nSPS) is 16.0. The largest absolute Gasteiger partial charge is 0.398 e. The van der Waals surface area contributed by atoms with Gasteiger partial charge < -0.3 is 0 Å². The summed E-state index contributed by atoms with van der Waals surface area (Å²) in [4.78, 5) is 24.9. The lowest BCUT2D eigenvalue weighted by molar-refractivity contribution is -0.114. The standard InChI is InChI=1S/C19H11F4N5OS/c1-9-5-12(20)11(6-13(9)30-8-19(21,22)23)15-14-17(28-27-15)25-16(26-18(14)29)10-3-2-4-24-7-10/h2-7H,8H2,1H3. The molecule has 30 heavy (non-hydrogen) atoms. The summed E-state index contributed by atoms with van der Waals surface area (Å²) in [6, 6.07) is 5.65. The van der Waals surface area contributed by atoms with Gasteiger partial charge in [0.05, 0.1) is 5.75 Å². The van der Waals surface area contributed by atoms with Crippen LogP contribution in [0.2, 0.25) is 0 Å². The Balaban J connectivity index is 1.73. The number of aryl methyl sites for hydroxylation is 1. The number of rotatable bonds is 4. The Kier molecular flexibility index (Phi) is 5.06. The molecule has 152 valence electrons. The maximum Gasteiger partial charge on any atom is 0.398 e. The van der Waals surface area contributed by atoms with Crippen molar-refractivity contribution in [2.75, 3.05) is 5.75 Å². The van der Waals surface area contributed by atoms with Crippen LogP contribution in [-0.4, -0.2) is 34.5 Å². The number of carbonyl (C=O) groups excluding carboxylic acids is 1. The van der Waals surface area contributed by atoms with Gasteiger partial charge in [-0.3, -0.25) is 9.78 Å². The highest BCUT2D eigenvalue weighted by Crippen LogP contribution is 2.36. The average Bonchev–Trinajstić information content (AvgIpc) is 3.12. The van der Waals surface area contributed by atoms with Gasteiger partial charge >= 0.3 is 6.18 Å². The van der Waals surface area contributed by atoms with E-state index in [1.54, 1.807) is 18.3 Å². The Morgan fingerprint density at radius 2 is 1.90 bits per heavy atom. The molecule has 11 heteroatoms. The predicted octanol–water partition coefficient (Wildman–Crippen LogP) is 4.75. The van der Waals surface area contributed by atoms with Gasteiger partial charge in [0.15, 0.2) is 11.7 Å². The molecule has 0 saturated carbocycles. The lowest BCUT2D eigenvalue weighted by Crippen LogP contribution is -2.18. The minimum absolute atomic E-state index is 0.0340. The molecule has 2 aromatic rings. The Hall–Kier alpha value is -3.21. The molecule has 0 fully saturated rings. The number of aliphatic imine (C=N–C) groups is 2. The Morgan fingerprint density at radius 3 is 2.60 bits per heavy atom. The molecule has 3 heterocycles. The van der Waals surface area contributed by atoms with Crippen molar-refractivity contribution < 1.29 is 22.4 Å². The van der Waals surface area contributed by atoms with Crippen molar-refractivity contribution in [1.29, 1.82) is 0 Å². The lowest BCUT2D eigenvalue weighted by Gasteiger charge is -2.12. The smallest absolute Gasteiger partial charge is 0.266 e. The number of aromatic nitrogens is 1. The predicted molar refractivity (Wildman–Crippen MR) is 103 cm³/mol. The van der Waals surface area contributed by atoms with Crippen molar-refractivity contribution in [2.24, 2.45) is 20.2 Å². The van der Waals surface area contributed by atoms with Crippen LogP contribution in [0.4, 0.5) is 17.6 Å². The van der Waals surface area contributed by atoms with Crippen molar-refractivity contribution in [1.82, 2.24) is 4.98 Å². The molecular formula is C19H11F4N5OS. The van der Waals surface area contributed by atoms with Crippen LogP contribution < -0.4 is 0 Å². The number of thioether (sulfide) groups is 1. The highest BCUT2D eigenvalue weighted by Gasteiger charge is 2.33. The minimum atomic E-state index is -4.38. The topological polar surface area (TPSA) is 79.4 Å². The molecule has 0 spiro atoms. The summed E-state index contributed by atoms with van der Waals surface area (Å²) in [7, 11) is 0. The van der Waals surface area contributed by atoms with Crippen LogP contribution in [0.15, 0.2) is 67.3 Å². The second-order valence-electron chi connectivity index (χ2n) is 6.34. The summed E-state index contributed by atoms with van der Waals surface area (Å²) in [6.07, 6.45) is -1.35. The SMILES string of the molecule is Cc1cc(F)c(C2=C3C(=O)N=C(c4cccnc4)N=C3N=N2)cc1SCC(F)(F)F. The second-order valence-corrected chi connectivity index (χ2v) is 7.36. The molecule has 1 aromatic heterocycles. The van der Waals surface area contributed by atoms with Crippen LogP contribution in [0.1, 0.15) is 16.7 Å². The molecule has 0 radical (unpaired) electrons. The van der Waals surface area contributed by atoms with Gasteiger partial charge in [-0.2, -0.15) is 18.2 Å². The molecule has 0 unspecified atom stereocenters. The van der Waals surface area contributed by atoms with Crippen molar-refractivity contribution in [2.45, 2.75) is 18.0 Å². The van der Waals surface area contributed by atoms with Crippen molar-refractivity contribution >= 4 is 35.0 Å². The third-order valence-electron chi connectivity index (χ3n) is 4.17. The van der Waals surface area contributed by atoms with E-state index in [0.29, 0.717) is 22.9 Å². The first-order valence-corrected chi connectivity index (χ1v) is 9.50. The van der Waals surface area contributed by atoms with Crippen LogP contribution in [0, 0.1) is 12.7 Å². The minimum Gasteiger partial charge on any atom is -0.266 e. The molecule has 4 rings (SSSR count). The van der Waals surface area contributed by atoms with Gasteiger partial charge in [-0.15, -0.1) is 22.0 Å². The molecule has 0 bridgehead atoms. The zero-order chi connectivity index (χ0) is 21.5. The molecule has 1 aromatic carbocycles. The summed E-state index contributed by atoms with van der Waals surface area (Å²) in [5.74, 6) is -2.52. The number of nitrogens with zero attached hydrogens (tertiary/aromatic N) is 5. The maximum absolute atomic E-state index is 14.6. The third-order valence-corrected chi connectivity index (χ3v) is 5.39. The lowest BCUT2D eigenvalue weighted by atomic mass is 10.0. The molecular weight excluding hydrogens is 422 g/mol. The molecule has 6 nitrogen and oxygen atoms in total. The molecule has 0 N–H and O–H groups in total. The average molecular weight is 433 g/mol. The van der Waals surface area contributed by atoms with Crippen LogP contribution in [-0.2, 0) is 4.79 Å². The number of fused-ring (bicyclic) bond motifs is 1. The molecule has 2 aliphatic rings. The van der Waals surface area contributed by atoms with E-state index in [0.717, 1.165) is 6.07 Å². The van der Waals surface area contributed by atoms with E-state index in [1.165, 1.54) is 19.2 Å². The van der Waals surface area contributed by atoms with Crippen LogP contribution in [0.25, 0.3) is 5.70 Å². The number of azo groups is 1. The summed E-state index contributed by atoms with van der Waals surface area (Å²) in [6.45, 7) is 1.50. The molecule has 2 aliphatic heterocycles. The van der Waals surface area contributed by atoms with Crippen molar-refractivity contribution in [3.05, 3.63) is 64.7 Å². The first kappa shape index (κ1) is 20.1. The van der Waals surface area contributed by atoms with Gasteiger partial charge in [0.25, 0.3) is 5.91 Å². The van der Waals surface area contributed by atoms with Crippen LogP contribution in [0.5, 0.6) is 0 Å². The Morgan fingerprint density at radius 1 is 1.10 bits per heavy atom. The number of carbonyl (C=O) groups is 1. The quantitative estimate of drug-likeness (QED) is 0.516. The summed E-state index contributed by atoms with van der Waals surface area (Å²) < 4.78 is 52.4. The van der Waals surface area contributed by atoms with E-state index in [4.69, 9.17) is 0 Å². The highest BCUT2D eigenvalue weighted by atomic mass is 32.2. The summed E-state index contributed by atoms with van der Waals surface area (Å²) in [5.41, 5.74) is 0.485. The first-order chi connectivity index (χ1) is 14.2. The van der Waals surface area contributed by atoms with E-state index in [1.807, 2.05) is 0 Å². The monoisotopic (exact) mass is 433 g/mol. The number of amidine groups is 2. The van der Waals surface area contributed by atoms with E-state index in [9.17, 15) is 22.4 Å². The number of amides is 1. The van der Waals surface area contributed by atoms with Crippen LogP contribution >= 0.6 is 11.8 Å². The van der Waals surface area contributed by atoms with Gasteiger partial charge in [0, 0.05) is 28.4 Å². The Bertz CT molecular complexity index is 1170. The number of halogens is 4. The molecule has 0 saturated heterocycles. The van der Waals surface area contributed by atoms with Crippen molar-refractivity contribution in [3.8, 4) is 0 Å². The zero-order valence-corrected chi connectivity index (χ0v) is 16.1. The third kappa shape index (κ3) is 3.92. The van der Waals surface area contributed by atoms with Crippen LogP contribution in [0.3, 0.4) is 0 Å². The van der Waals surface area contributed by atoms with Gasteiger partial charge in [-0.05, 0) is 36.8 Å². The summed E-state index contributed by atoms with van der Waals surface area (Å²) >= 11 is 0.527. The van der Waals surface area contributed by atoms with E-state index in [-0.39, 0.29) is 33.4 Å². The van der Waals surface area contributed by atoms with E-state index in [2.05, 4.69) is 25.2 Å². The van der Waals surface area contributed by atoms with Crippen molar-refractivity contribution in [3.63, 3.8) is 0 Å². The fourth-order valence-electron chi connectivity index (χ4n) is 2.82. The van der Waals surface area contributed by atoms with E-state index < -0.39 is 23.7 Å². The second kappa shape index (κ2) is 7.56. The van der Waals surface area contributed by atoms with Gasteiger partial charge in [0.1, 0.15) is 17.1 Å². The fourth-order valence-corrected chi connectivity index (χ4v) is 3.62. The Labute approximate surface area is 171 Å². The molecule has 0 atom stereocenters. The maximum atomic E-state index is 14.6. The molecule has 0 aliphatic carbocycles. The van der Waals surface area contributed by atoms with Gasteiger partial charge in [-0.25, -0.2) is 9.38 Å². The van der Waals surface area contributed by atoms with E-state index >= 15 is 0 Å². The first-order valence-electron chi connectivity index (χ1n) is 8.51. The highest BCUT2D eigenvalue weighted by molar-refractivity contribution is 7.99. The van der Waals surface area contributed by atoms with Gasteiger partial charge in [0.2, 0.25) is 0 Å². The number of pyridine rings is 1. The number of benzene rings is 1. The number of hydrogen-bond acceptors (Lipinski definition) is 6. The summed E-state index contributed by atoms with van der Waals surface area (Å²) in [5, 5.41) is 7.71. The van der Waals surface area contributed by atoms with Gasteiger partial charge in [-0.1, -0.05) is 0 Å². The number of hydrogen-bond donors (Lipinski definition) is 0. The fraction of sp³-hybridized carbons (Fsp3) is 0.158.